The molecule has 0 aliphatic heterocycles. The second-order valence-corrected chi connectivity index (χ2v) is 3.33. The molecule has 78 valence electrons. The predicted octanol–water partition coefficient (Wildman–Crippen LogP) is 1.82. The Kier molecular flexibility index (Phi) is 3.89. The van der Waals surface area contributed by atoms with E-state index >= 15 is 0 Å². The number of hydrogen-bond donors (Lipinski definition) is 1. The largest absolute Gasteiger partial charge is 0.478 e. The van der Waals surface area contributed by atoms with Crippen molar-refractivity contribution in [3.63, 3.8) is 0 Å². The van der Waals surface area contributed by atoms with Crippen LogP contribution in [0.3, 0.4) is 0 Å². The van der Waals surface area contributed by atoms with Gasteiger partial charge in [-0.15, -0.1) is 0 Å². The molecule has 1 rings (SSSR count). The zero-order chi connectivity index (χ0) is 10.6. The normalized spacial score (nSPS) is 10.3. The maximum Gasteiger partial charge on any atom is 0.218 e. The summed E-state index contributed by atoms with van der Waals surface area (Å²) in [6.07, 6.45) is 0. The molecule has 0 fully saturated rings. The average Bonchev–Trinajstić information content (AvgIpc) is 2.11. The number of aryl methyl sites for hydroxylation is 2. The van der Waals surface area contributed by atoms with E-state index in [0.717, 1.165) is 23.7 Å². The standard InChI is InChI=1S/C11H18N2O/c1-5-14-11-10(7-12-4)8(2)6-9(3)13-11/h6,12H,5,7H2,1-4H3. The summed E-state index contributed by atoms with van der Waals surface area (Å²) in [6.45, 7) is 7.51. The summed E-state index contributed by atoms with van der Waals surface area (Å²) in [5, 5.41) is 3.12. The molecule has 14 heavy (non-hydrogen) atoms. The minimum Gasteiger partial charge on any atom is -0.478 e. The first-order valence-corrected chi connectivity index (χ1v) is 4.93. The fourth-order valence-electron chi connectivity index (χ4n) is 1.48. The van der Waals surface area contributed by atoms with Gasteiger partial charge in [-0.05, 0) is 39.4 Å². The molecule has 1 heterocycles. The van der Waals surface area contributed by atoms with Crippen molar-refractivity contribution in [1.82, 2.24) is 10.3 Å². The SMILES string of the molecule is CCOc1nc(C)cc(C)c1CNC. The van der Waals surface area contributed by atoms with Crippen molar-refractivity contribution in [3.05, 3.63) is 22.9 Å². The number of rotatable bonds is 4. The van der Waals surface area contributed by atoms with E-state index in [1.165, 1.54) is 5.56 Å². The maximum atomic E-state index is 5.50. The van der Waals surface area contributed by atoms with Crippen molar-refractivity contribution in [2.24, 2.45) is 0 Å². The molecular weight excluding hydrogens is 176 g/mol. The van der Waals surface area contributed by atoms with Crippen LogP contribution in [0.15, 0.2) is 6.07 Å². The van der Waals surface area contributed by atoms with E-state index in [9.17, 15) is 0 Å². The number of ether oxygens (including phenoxy) is 1. The molecular formula is C11H18N2O. The molecule has 0 spiro atoms. The highest BCUT2D eigenvalue weighted by molar-refractivity contribution is 5.35. The van der Waals surface area contributed by atoms with Crippen LogP contribution >= 0.6 is 0 Å². The van der Waals surface area contributed by atoms with Crippen LogP contribution in [-0.2, 0) is 6.54 Å². The Bertz CT molecular complexity index is 310. The number of pyridine rings is 1. The monoisotopic (exact) mass is 194 g/mol. The van der Waals surface area contributed by atoms with Gasteiger partial charge >= 0.3 is 0 Å². The van der Waals surface area contributed by atoms with E-state index in [0.29, 0.717) is 6.61 Å². The van der Waals surface area contributed by atoms with Crippen molar-refractivity contribution in [1.29, 1.82) is 0 Å². The van der Waals surface area contributed by atoms with E-state index in [1.807, 2.05) is 20.9 Å². The van der Waals surface area contributed by atoms with Gasteiger partial charge in [0.25, 0.3) is 0 Å². The summed E-state index contributed by atoms with van der Waals surface area (Å²) in [5.41, 5.74) is 3.39. The number of hydrogen-bond acceptors (Lipinski definition) is 3. The number of aromatic nitrogens is 1. The van der Waals surface area contributed by atoms with Gasteiger partial charge in [-0.1, -0.05) is 0 Å². The van der Waals surface area contributed by atoms with Crippen molar-refractivity contribution >= 4 is 0 Å². The Morgan fingerprint density at radius 1 is 1.43 bits per heavy atom. The van der Waals surface area contributed by atoms with Gasteiger partial charge in [0.1, 0.15) is 0 Å². The summed E-state index contributed by atoms with van der Waals surface area (Å²) in [6, 6.07) is 2.08. The zero-order valence-electron chi connectivity index (χ0n) is 9.35. The third-order valence-electron chi connectivity index (χ3n) is 2.07. The van der Waals surface area contributed by atoms with Crippen molar-refractivity contribution in [2.75, 3.05) is 13.7 Å². The second kappa shape index (κ2) is 4.96. The van der Waals surface area contributed by atoms with Gasteiger partial charge in [0.2, 0.25) is 5.88 Å². The molecule has 0 unspecified atom stereocenters. The Balaban J connectivity index is 3.07. The minimum atomic E-state index is 0.659. The molecule has 0 aliphatic carbocycles. The van der Waals surface area contributed by atoms with Crippen LogP contribution in [0.5, 0.6) is 5.88 Å². The van der Waals surface area contributed by atoms with Gasteiger partial charge in [-0.2, -0.15) is 0 Å². The van der Waals surface area contributed by atoms with Crippen LogP contribution in [0.25, 0.3) is 0 Å². The van der Waals surface area contributed by atoms with Gasteiger partial charge in [-0.25, -0.2) is 4.98 Å². The van der Waals surface area contributed by atoms with Gasteiger partial charge in [-0.3, -0.25) is 0 Å². The van der Waals surface area contributed by atoms with Gasteiger partial charge < -0.3 is 10.1 Å². The Hall–Kier alpha value is -1.09. The summed E-state index contributed by atoms with van der Waals surface area (Å²) in [5.74, 6) is 0.763. The lowest BCUT2D eigenvalue weighted by Gasteiger charge is -2.12. The van der Waals surface area contributed by atoms with Crippen LogP contribution in [0, 0.1) is 13.8 Å². The lowest BCUT2D eigenvalue weighted by molar-refractivity contribution is 0.321. The quantitative estimate of drug-likeness (QED) is 0.793. The minimum absolute atomic E-state index is 0.659. The lowest BCUT2D eigenvalue weighted by atomic mass is 10.1. The summed E-state index contributed by atoms with van der Waals surface area (Å²) < 4.78 is 5.50. The van der Waals surface area contributed by atoms with E-state index in [4.69, 9.17) is 4.74 Å². The summed E-state index contributed by atoms with van der Waals surface area (Å²) in [4.78, 5) is 4.38. The van der Waals surface area contributed by atoms with Crippen molar-refractivity contribution in [2.45, 2.75) is 27.3 Å². The van der Waals surface area contributed by atoms with Gasteiger partial charge in [0, 0.05) is 17.8 Å². The molecule has 0 atom stereocenters. The maximum absolute atomic E-state index is 5.50. The molecule has 1 aromatic heterocycles. The van der Waals surface area contributed by atoms with E-state index < -0.39 is 0 Å². The van der Waals surface area contributed by atoms with Crippen LogP contribution < -0.4 is 10.1 Å². The third-order valence-corrected chi connectivity index (χ3v) is 2.07. The van der Waals surface area contributed by atoms with E-state index in [2.05, 4.69) is 23.3 Å². The van der Waals surface area contributed by atoms with Crippen molar-refractivity contribution < 1.29 is 4.74 Å². The van der Waals surface area contributed by atoms with Crippen molar-refractivity contribution in [3.8, 4) is 5.88 Å². The molecule has 0 radical (unpaired) electrons. The average molecular weight is 194 g/mol. The molecule has 1 N–H and O–H groups in total. The fraction of sp³-hybridized carbons (Fsp3) is 0.545. The highest BCUT2D eigenvalue weighted by Crippen LogP contribution is 2.20. The zero-order valence-corrected chi connectivity index (χ0v) is 9.35. The van der Waals surface area contributed by atoms with Gasteiger partial charge in [0.15, 0.2) is 0 Å². The first-order valence-electron chi connectivity index (χ1n) is 4.93. The van der Waals surface area contributed by atoms with Crippen LogP contribution in [0.4, 0.5) is 0 Å². The Morgan fingerprint density at radius 3 is 2.71 bits per heavy atom. The lowest BCUT2D eigenvalue weighted by Crippen LogP contribution is -2.10. The topological polar surface area (TPSA) is 34.1 Å². The summed E-state index contributed by atoms with van der Waals surface area (Å²) in [7, 11) is 1.93. The smallest absolute Gasteiger partial charge is 0.218 e. The first kappa shape index (κ1) is 11.0. The molecule has 0 saturated heterocycles. The number of nitrogens with one attached hydrogen (secondary N) is 1. The molecule has 0 saturated carbocycles. The Morgan fingerprint density at radius 2 is 2.14 bits per heavy atom. The summed E-state index contributed by atoms with van der Waals surface area (Å²) >= 11 is 0. The number of nitrogens with zero attached hydrogens (tertiary/aromatic N) is 1. The second-order valence-electron chi connectivity index (χ2n) is 3.33. The molecule has 0 aliphatic rings. The molecule has 3 heteroatoms. The predicted molar refractivity (Wildman–Crippen MR) is 57.6 cm³/mol. The highest BCUT2D eigenvalue weighted by Gasteiger charge is 2.08. The van der Waals surface area contributed by atoms with Crippen LogP contribution in [-0.4, -0.2) is 18.6 Å². The Labute approximate surface area is 85.5 Å². The molecule has 1 aromatic rings. The molecule has 0 amide bonds. The highest BCUT2D eigenvalue weighted by atomic mass is 16.5. The van der Waals surface area contributed by atoms with Crippen LogP contribution in [0.2, 0.25) is 0 Å². The molecule has 0 bridgehead atoms. The van der Waals surface area contributed by atoms with Crippen LogP contribution in [0.1, 0.15) is 23.7 Å². The molecule has 0 aromatic carbocycles. The van der Waals surface area contributed by atoms with E-state index in [1.54, 1.807) is 0 Å². The molecule has 3 nitrogen and oxygen atoms in total. The fourth-order valence-corrected chi connectivity index (χ4v) is 1.48. The van der Waals surface area contributed by atoms with E-state index in [-0.39, 0.29) is 0 Å². The first-order chi connectivity index (χ1) is 6.69. The van der Waals surface area contributed by atoms with Gasteiger partial charge in [0.05, 0.1) is 6.61 Å². The third kappa shape index (κ3) is 2.45.